The fraction of sp³-hybridized carbons (Fsp3) is 0.455. The van der Waals surface area contributed by atoms with E-state index in [1.807, 2.05) is 20.8 Å². The van der Waals surface area contributed by atoms with Crippen molar-refractivity contribution in [2.75, 3.05) is 6.61 Å². The number of hydrogen-bond acceptors (Lipinski definition) is 3. The second-order valence-corrected chi connectivity index (χ2v) is 3.70. The summed E-state index contributed by atoms with van der Waals surface area (Å²) in [5.41, 5.74) is 7.46. The Balaban J connectivity index is 2.86. The highest BCUT2D eigenvalue weighted by Gasteiger charge is 2.06. The van der Waals surface area contributed by atoms with Gasteiger partial charge in [-0.2, -0.15) is 0 Å². The Labute approximate surface area is 84.5 Å². The van der Waals surface area contributed by atoms with Crippen molar-refractivity contribution in [3.63, 3.8) is 0 Å². The highest BCUT2D eigenvalue weighted by molar-refractivity contribution is 5.45. The Morgan fingerprint density at radius 1 is 1.36 bits per heavy atom. The van der Waals surface area contributed by atoms with E-state index >= 15 is 0 Å². The summed E-state index contributed by atoms with van der Waals surface area (Å²) >= 11 is 0. The molecule has 0 aliphatic heterocycles. The molecule has 1 rings (SSSR count). The SMILES string of the molecule is Cc1cc(O)cc(C)c1OC[C@@H](C)N. The van der Waals surface area contributed by atoms with E-state index in [1.54, 1.807) is 12.1 Å². The summed E-state index contributed by atoms with van der Waals surface area (Å²) in [7, 11) is 0. The fourth-order valence-electron chi connectivity index (χ4n) is 1.37. The molecule has 0 aliphatic carbocycles. The fourth-order valence-corrected chi connectivity index (χ4v) is 1.37. The van der Waals surface area contributed by atoms with E-state index in [1.165, 1.54) is 0 Å². The van der Waals surface area contributed by atoms with Crippen LogP contribution in [0.4, 0.5) is 0 Å². The van der Waals surface area contributed by atoms with Crippen LogP contribution in [0.15, 0.2) is 12.1 Å². The highest BCUT2D eigenvalue weighted by Crippen LogP contribution is 2.27. The number of rotatable bonds is 3. The third-order valence-corrected chi connectivity index (χ3v) is 1.94. The molecule has 1 atom stereocenters. The van der Waals surface area contributed by atoms with Crippen molar-refractivity contribution in [3.8, 4) is 11.5 Å². The number of ether oxygens (including phenoxy) is 1. The maximum atomic E-state index is 9.32. The van der Waals surface area contributed by atoms with Crippen LogP contribution in [-0.4, -0.2) is 17.8 Å². The largest absolute Gasteiger partial charge is 0.508 e. The van der Waals surface area contributed by atoms with Crippen molar-refractivity contribution in [1.29, 1.82) is 0 Å². The minimum absolute atomic E-state index is 0.0163. The molecule has 0 spiro atoms. The van der Waals surface area contributed by atoms with Crippen LogP contribution in [-0.2, 0) is 0 Å². The molecule has 0 saturated heterocycles. The summed E-state index contributed by atoms with van der Waals surface area (Å²) in [6.07, 6.45) is 0. The van der Waals surface area contributed by atoms with Gasteiger partial charge in [0, 0.05) is 6.04 Å². The smallest absolute Gasteiger partial charge is 0.125 e. The zero-order chi connectivity index (χ0) is 10.7. The number of aromatic hydroxyl groups is 1. The first kappa shape index (κ1) is 10.9. The summed E-state index contributed by atoms with van der Waals surface area (Å²) in [6.45, 7) is 6.20. The highest BCUT2D eigenvalue weighted by atomic mass is 16.5. The minimum Gasteiger partial charge on any atom is -0.508 e. The van der Waals surface area contributed by atoms with Crippen LogP contribution < -0.4 is 10.5 Å². The van der Waals surface area contributed by atoms with Crippen LogP contribution in [0.1, 0.15) is 18.1 Å². The Kier molecular flexibility index (Phi) is 3.36. The molecule has 3 N–H and O–H groups in total. The van der Waals surface area contributed by atoms with E-state index in [9.17, 15) is 5.11 Å². The van der Waals surface area contributed by atoms with Gasteiger partial charge in [0.15, 0.2) is 0 Å². The lowest BCUT2D eigenvalue weighted by Crippen LogP contribution is -2.24. The van der Waals surface area contributed by atoms with Crippen molar-refractivity contribution in [2.24, 2.45) is 5.73 Å². The summed E-state index contributed by atoms with van der Waals surface area (Å²) < 4.78 is 5.55. The quantitative estimate of drug-likeness (QED) is 0.772. The molecule has 0 aromatic heterocycles. The third-order valence-electron chi connectivity index (χ3n) is 1.94. The molecule has 3 nitrogen and oxygen atoms in total. The van der Waals surface area contributed by atoms with E-state index in [4.69, 9.17) is 10.5 Å². The molecular formula is C11H17NO2. The Bertz CT molecular complexity index is 298. The zero-order valence-corrected chi connectivity index (χ0v) is 8.87. The molecule has 0 amide bonds. The number of phenols is 1. The van der Waals surface area contributed by atoms with E-state index in [0.29, 0.717) is 6.61 Å². The Morgan fingerprint density at radius 3 is 2.29 bits per heavy atom. The van der Waals surface area contributed by atoms with Gasteiger partial charge in [0.1, 0.15) is 18.1 Å². The predicted molar refractivity (Wildman–Crippen MR) is 56.7 cm³/mol. The second kappa shape index (κ2) is 4.33. The minimum atomic E-state index is 0.0163. The monoisotopic (exact) mass is 195 g/mol. The van der Waals surface area contributed by atoms with Gasteiger partial charge in [0.2, 0.25) is 0 Å². The Hall–Kier alpha value is -1.22. The van der Waals surface area contributed by atoms with Gasteiger partial charge >= 0.3 is 0 Å². The first-order chi connectivity index (χ1) is 6.50. The normalized spacial score (nSPS) is 12.6. The van der Waals surface area contributed by atoms with Gasteiger partial charge in [0.05, 0.1) is 0 Å². The van der Waals surface area contributed by atoms with E-state index < -0.39 is 0 Å². The molecule has 0 fully saturated rings. The molecular weight excluding hydrogens is 178 g/mol. The summed E-state index contributed by atoms with van der Waals surface area (Å²) in [5, 5.41) is 9.32. The molecule has 3 heteroatoms. The maximum absolute atomic E-state index is 9.32. The molecule has 78 valence electrons. The average molecular weight is 195 g/mol. The number of aryl methyl sites for hydroxylation is 2. The zero-order valence-electron chi connectivity index (χ0n) is 8.87. The van der Waals surface area contributed by atoms with Gasteiger partial charge in [0.25, 0.3) is 0 Å². The van der Waals surface area contributed by atoms with Crippen LogP contribution in [0.5, 0.6) is 11.5 Å². The molecule has 0 heterocycles. The number of nitrogens with two attached hydrogens (primary N) is 1. The second-order valence-electron chi connectivity index (χ2n) is 3.70. The standard InChI is InChI=1S/C11H17NO2/c1-7-4-10(13)5-8(2)11(7)14-6-9(3)12/h4-5,9,13H,6,12H2,1-3H3/t9-/m1/s1. The first-order valence-electron chi connectivity index (χ1n) is 4.69. The average Bonchev–Trinajstić information content (AvgIpc) is 2.01. The summed E-state index contributed by atoms with van der Waals surface area (Å²) in [4.78, 5) is 0. The van der Waals surface area contributed by atoms with Gasteiger partial charge in [-0.25, -0.2) is 0 Å². The maximum Gasteiger partial charge on any atom is 0.125 e. The topological polar surface area (TPSA) is 55.5 Å². The van der Waals surface area contributed by atoms with Crippen LogP contribution in [0, 0.1) is 13.8 Å². The van der Waals surface area contributed by atoms with E-state index in [-0.39, 0.29) is 11.8 Å². The van der Waals surface area contributed by atoms with Crippen molar-refractivity contribution in [2.45, 2.75) is 26.8 Å². The van der Waals surface area contributed by atoms with Gasteiger partial charge in [-0.1, -0.05) is 0 Å². The molecule has 14 heavy (non-hydrogen) atoms. The lowest BCUT2D eigenvalue weighted by atomic mass is 10.1. The van der Waals surface area contributed by atoms with Gasteiger partial charge in [-0.15, -0.1) is 0 Å². The van der Waals surface area contributed by atoms with Crippen LogP contribution in [0.2, 0.25) is 0 Å². The van der Waals surface area contributed by atoms with Gasteiger partial charge in [-0.05, 0) is 44.0 Å². The van der Waals surface area contributed by atoms with Crippen molar-refractivity contribution < 1.29 is 9.84 Å². The van der Waals surface area contributed by atoms with Crippen molar-refractivity contribution in [1.82, 2.24) is 0 Å². The van der Waals surface area contributed by atoms with Crippen molar-refractivity contribution >= 4 is 0 Å². The molecule has 0 saturated carbocycles. The molecule has 0 unspecified atom stereocenters. The number of benzene rings is 1. The van der Waals surface area contributed by atoms with Gasteiger partial charge in [-0.3, -0.25) is 0 Å². The summed E-state index contributed by atoms with van der Waals surface area (Å²) in [5.74, 6) is 1.09. The molecule has 1 aromatic rings. The molecule has 1 aromatic carbocycles. The van der Waals surface area contributed by atoms with Crippen LogP contribution in [0.25, 0.3) is 0 Å². The Morgan fingerprint density at radius 2 is 1.86 bits per heavy atom. The lowest BCUT2D eigenvalue weighted by molar-refractivity contribution is 0.292. The predicted octanol–water partition coefficient (Wildman–Crippen LogP) is 1.74. The number of hydrogen-bond donors (Lipinski definition) is 2. The first-order valence-corrected chi connectivity index (χ1v) is 4.69. The van der Waals surface area contributed by atoms with E-state index in [0.717, 1.165) is 16.9 Å². The van der Waals surface area contributed by atoms with Crippen LogP contribution >= 0.6 is 0 Å². The lowest BCUT2D eigenvalue weighted by Gasteiger charge is -2.13. The molecule has 0 aliphatic rings. The summed E-state index contributed by atoms with van der Waals surface area (Å²) in [6, 6.07) is 3.38. The van der Waals surface area contributed by atoms with Gasteiger partial charge < -0.3 is 15.6 Å². The molecule has 0 bridgehead atoms. The third kappa shape index (κ3) is 2.64. The van der Waals surface area contributed by atoms with Crippen LogP contribution in [0.3, 0.4) is 0 Å². The number of phenolic OH excluding ortho intramolecular Hbond substituents is 1. The van der Waals surface area contributed by atoms with E-state index in [2.05, 4.69) is 0 Å². The molecule has 0 radical (unpaired) electrons. The van der Waals surface area contributed by atoms with Crippen molar-refractivity contribution in [3.05, 3.63) is 23.3 Å².